The van der Waals surface area contributed by atoms with Gasteiger partial charge in [-0.05, 0) is 29.5 Å². The molecule has 26 heavy (non-hydrogen) atoms. The van der Waals surface area contributed by atoms with Crippen LogP contribution in [-0.2, 0) is 11.2 Å². The van der Waals surface area contributed by atoms with E-state index in [2.05, 4.69) is 35.3 Å². The van der Waals surface area contributed by atoms with Crippen LogP contribution in [0.4, 0.5) is 0 Å². The highest BCUT2D eigenvalue weighted by Crippen LogP contribution is 2.33. The van der Waals surface area contributed by atoms with Gasteiger partial charge in [0, 0.05) is 24.4 Å². The van der Waals surface area contributed by atoms with E-state index in [0.717, 1.165) is 28.7 Å². The van der Waals surface area contributed by atoms with Crippen LogP contribution in [0.2, 0.25) is 0 Å². The van der Waals surface area contributed by atoms with Crippen LogP contribution < -0.4 is 5.73 Å². The largest absolute Gasteiger partial charge is 0.341 e. The van der Waals surface area contributed by atoms with Gasteiger partial charge in [0.1, 0.15) is 5.01 Å². The van der Waals surface area contributed by atoms with E-state index in [9.17, 15) is 4.79 Å². The van der Waals surface area contributed by atoms with Crippen LogP contribution in [0.15, 0.2) is 53.2 Å². The number of aromatic nitrogens is 1. The molecule has 3 heterocycles. The van der Waals surface area contributed by atoms with E-state index < -0.39 is 0 Å². The average molecular weight is 384 g/mol. The second-order valence-electron chi connectivity index (χ2n) is 6.61. The van der Waals surface area contributed by atoms with Gasteiger partial charge in [-0.1, -0.05) is 36.4 Å². The zero-order chi connectivity index (χ0) is 17.9. The summed E-state index contributed by atoms with van der Waals surface area (Å²) in [5.74, 6) is 0.783. The minimum atomic E-state index is 0.143. The molecule has 4 nitrogen and oxygen atoms in total. The second kappa shape index (κ2) is 7.70. The number of thiophene rings is 1. The fraction of sp³-hybridized carbons (Fsp3) is 0.300. The van der Waals surface area contributed by atoms with Crippen LogP contribution in [0.5, 0.6) is 0 Å². The van der Waals surface area contributed by atoms with Crippen molar-refractivity contribution in [3.05, 3.63) is 64.5 Å². The molecule has 1 aliphatic heterocycles. The lowest BCUT2D eigenvalue weighted by Gasteiger charge is -2.16. The van der Waals surface area contributed by atoms with Crippen molar-refractivity contribution in [2.24, 2.45) is 11.7 Å². The number of thiazole rings is 1. The van der Waals surface area contributed by atoms with E-state index in [1.807, 2.05) is 27.8 Å². The summed E-state index contributed by atoms with van der Waals surface area (Å²) in [6, 6.07) is 14.5. The first-order chi connectivity index (χ1) is 12.7. The molecule has 134 valence electrons. The molecule has 0 radical (unpaired) electrons. The Balaban J connectivity index is 1.44. The van der Waals surface area contributed by atoms with Crippen molar-refractivity contribution in [2.75, 3.05) is 19.6 Å². The van der Waals surface area contributed by atoms with Crippen LogP contribution in [0.3, 0.4) is 0 Å². The number of rotatable bonds is 5. The van der Waals surface area contributed by atoms with Crippen molar-refractivity contribution in [3.63, 3.8) is 0 Å². The van der Waals surface area contributed by atoms with Crippen molar-refractivity contribution >= 4 is 28.6 Å². The number of amides is 1. The van der Waals surface area contributed by atoms with Crippen LogP contribution in [-0.4, -0.2) is 35.4 Å². The van der Waals surface area contributed by atoms with Crippen LogP contribution in [0, 0.1) is 5.92 Å². The molecular weight excluding hydrogens is 362 g/mol. The third kappa shape index (κ3) is 3.58. The summed E-state index contributed by atoms with van der Waals surface area (Å²) in [6.45, 7) is 2.08. The van der Waals surface area contributed by atoms with E-state index in [0.29, 0.717) is 24.8 Å². The summed E-state index contributed by atoms with van der Waals surface area (Å²) in [7, 11) is 0. The summed E-state index contributed by atoms with van der Waals surface area (Å²) in [5, 5.41) is 5.03. The second-order valence-corrected chi connectivity index (χ2v) is 8.42. The van der Waals surface area contributed by atoms with E-state index >= 15 is 0 Å². The van der Waals surface area contributed by atoms with Gasteiger partial charge in [0.25, 0.3) is 0 Å². The molecular formula is C20H21N3OS2. The van der Waals surface area contributed by atoms with E-state index in [-0.39, 0.29) is 5.91 Å². The van der Waals surface area contributed by atoms with Crippen LogP contribution in [0.1, 0.15) is 17.2 Å². The maximum Gasteiger partial charge on any atom is 0.228 e. The van der Waals surface area contributed by atoms with Gasteiger partial charge in [-0.2, -0.15) is 0 Å². The standard InChI is InChI=1S/C20H21N3OS2/c21-10-15-11-23(12-17(15)14-5-2-1-3-6-14)19(24)9-16-13-26-20(22-16)18-7-4-8-25-18/h1-8,13,15,17H,9-12,21H2/t15-,17+/m1/s1. The molecule has 0 unspecified atom stereocenters. The van der Waals surface area contributed by atoms with E-state index in [1.54, 1.807) is 22.7 Å². The molecule has 2 aromatic heterocycles. The number of likely N-dealkylation sites (tertiary alicyclic amines) is 1. The minimum absolute atomic E-state index is 0.143. The molecule has 1 aromatic carbocycles. The van der Waals surface area contributed by atoms with Crippen molar-refractivity contribution < 1.29 is 4.79 Å². The van der Waals surface area contributed by atoms with Gasteiger partial charge >= 0.3 is 0 Å². The molecule has 3 aromatic rings. The highest BCUT2D eigenvalue weighted by molar-refractivity contribution is 7.20. The molecule has 6 heteroatoms. The number of benzene rings is 1. The van der Waals surface area contributed by atoms with Gasteiger partial charge in [0.2, 0.25) is 5.91 Å². The number of hydrogen-bond donors (Lipinski definition) is 1. The summed E-state index contributed by atoms with van der Waals surface area (Å²) in [6.07, 6.45) is 0.362. The van der Waals surface area contributed by atoms with Gasteiger partial charge in [0.05, 0.1) is 17.0 Å². The maximum absolute atomic E-state index is 12.8. The molecule has 0 aliphatic carbocycles. The van der Waals surface area contributed by atoms with E-state index in [4.69, 9.17) is 5.73 Å². The molecule has 1 amide bonds. The van der Waals surface area contributed by atoms with Crippen LogP contribution >= 0.6 is 22.7 Å². The fourth-order valence-corrected chi connectivity index (χ4v) is 5.19. The number of carbonyl (C=O) groups is 1. The summed E-state index contributed by atoms with van der Waals surface area (Å²) in [5.41, 5.74) is 8.11. The number of nitrogens with zero attached hydrogens (tertiary/aromatic N) is 2. The average Bonchev–Trinajstić information content (AvgIpc) is 3.41. The quantitative estimate of drug-likeness (QED) is 0.732. The van der Waals surface area contributed by atoms with Crippen LogP contribution in [0.25, 0.3) is 9.88 Å². The number of hydrogen-bond acceptors (Lipinski definition) is 5. The lowest BCUT2D eigenvalue weighted by Crippen LogP contribution is -2.31. The lowest BCUT2D eigenvalue weighted by atomic mass is 9.89. The Morgan fingerprint density at radius 2 is 2.00 bits per heavy atom. The van der Waals surface area contributed by atoms with Crippen molar-refractivity contribution in [2.45, 2.75) is 12.3 Å². The molecule has 2 atom stereocenters. The van der Waals surface area contributed by atoms with Gasteiger partial charge in [0.15, 0.2) is 0 Å². The smallest absolute Gasteiger partial charge is 0.228 e. The first-order valence-electron chi connectivity index (χ1n) is 8.75. The molecule has 2 N–H and O–H groups in total. The highest BCUT2D eigenvalue weighted by Gasteiger charge is 2.35. The predicted octanol–water partition coefficient (Wildman–Crippen LogP) is 3.62. The molecule has 1 fully saturated rings. The lowest BCUT2D eigenvalue weighted by molar-refractivity contribution is -0.129. The minimum Gasteiger partial charge on any atom is -0.341 e. The Morgan fingerprint density at radius 3 is 2.73 bits per heavy atom. The normalized spacial score (nSPS) is 19.8. The maximum atomic E-state index is 12.8. The summed E-state index contributed by atoms with van der Waals surface area (Å²) in [4.78, 5) is 20.6. The van der Waals surface area contributed by atoms with Crippen molar-refractivity contribution in [1.29, 1.82) is 0 Å². The predicted molar refractivity (Wildman–Crippen MR) is 107 cm³/mol. The zero-order valence-corrected chi connectivity index (χ0v) is 16.0. The highest BCUT2D eigenvalue weighted by atomic mass is 32.1. The summed E-state index contributed by atoms with van der Waals surface area (Å²) < 4.78 is 0. The third-order valence-electron chi connectivity index (χ3n) is 4.94. The van der Waals surface area contributed by atoms with Crippen molar-refractivity contribution in [1.82, 2.24) is 9.88 Å². The topological polar surface area (TPSA) is 59.2 Å². The van der Waals surface area contributed by atoms with E-state index in [1.165, 1.54) is 5.56 Å². The fourth-order valence-electron chi connectivity index (χ4n) is 3.56. The van der Waals surface area contributed by atoms with Crippen molar-refractivity contribution in [3.8, 4) is 9.88 Å². The number of carbonyl (C=O) groups excluding carboxylic acids is 1. The number of nitrogens with two attached hydrogens (primary N) is 1. The Bertz CT molecular complexity index is 860. The van der Waals surface area contributed by atoms with Gasteiger partial charge in [-0.15, -0.1) is 22.7 Å². The molecule has 0 saturated carbocycles. The first kappa shape index (κ1) is 17.4. The molecule has 1 aliphatic rings. The Kier molecular flexibility index (Phi) is 5.15. The molecule has 1 saturated heterocycles. The summed E-state index contributed by atoms with van der Waals surface area (Å²) >= 11 is 3.28. The SMILES string of the molecule is NC[C@@H]1CN(C(=O)Cc2csc(-c3cccs3)n2)C[C@H]1c1ccccc1. The molecule has 0 bridgehead atoms. The Labute approximate surface area is 161 Å². The van der Waals surface area contributed by atoms with Gasteiger partial charge in [-0.25, -0.2) is 4.98 Å². The molecule has 0 spiro atoms. The molecule has 4 rings (SSSR count). The third-order valence-corrected chi connectivity index (χ3v) is 6.87. The van der Waals surface area contributed by atoms with Gasteiger partial charge in [-0.3, -0.25) is 4.79 Å². The zero-order valence-electron chi connectivity index (χ0n) is 14.4. The first-order valence-corrected chi connectivity index (χ1v) is 10.5. The monoisotopic (exact) mass is 383 g/mol. The Morgan fingerprint density at radius 1 is 1.15 bits per heavy atom. The van der Waals surface area contributed by atoms with Gasteiger partial charge < -0.3 is 10.6 Å². The Hall–Kier alpha value is -2.02.